The van der Waals surface area contributed by atoms with Gasteiger partial charge < -0.3 is 20.1 Å². The van der Waals surface area contributed by atoms with Crippen molar-refractivity contribution in [1.29, 1.82) is 0 Å². The molecule has 0 bridgehead atoms. The summed E-state index contributed by atoms with van der Waals surface area (Å²) < 4.78 is 37.1. The van der Waals surface area contributed by atoms with Gasteiger partial charge in [-0.25, -0.2) is 8.78 Å². The number of amides is 2. The molecule has 6 nitrogen and oxygen atoms in total. The summed E-state index contributed by atoms with van der Waals surface area (Å²) in [4.78, 5) is 23.9. The van der Waals surface area contributed by atoms with Crippen LogP contribution in [-0.2, 0) is 4.79 Å². The molecule has 0 heterocycles. The molecule has 0 saturated carbocycles. The number of para-hydroxylation sites is 1. The van der Waals surface area contributed by atoms with E-state index in [0.29, 0.717) is 11.5 Å². The van der Waals surface area contributed by atoms with Gasteiger partial charge >= 0.3 is 0 Å². The largest absolute Gasteiger partial charge is 0.497 e. The Kier molecular flexibility index (Phi) is 5.89. The number of rotatable bonds is 6. The Hall–Kier alpha value is -3.16. The number of nitrogens with one attached hydrogen (secondary N) is 2. The van der Waals surface area contributed by atoms with Crippen LogP contribution in [0.5, 0.6) is 11.5 Å². The van der Waals surface area contributed by atoms with Crippen LogP contribution in [0.2, 0.25) is 0 Å². The number of methoxy groups -OCH3 is 2. The van der Waals surface area contributed by atoms with E-state index >= 15 is 0 Å². The number of benzene rings is 2. The van der Waals surface area contributed by atoms with Crippen LogP contribution >= 0.6 is 0 Å². The van der Waals surface area contributed by atoms with E-state index in [1.807, 2.05) is 0 Å². The summed E-state index contributed by atoms with van der Waals surface area (Å²) in [6.45, 7) is -0.466. The minimum atomic E-state index is -0.905. The maximum atomic E-state index is 13.5. The molecule has 132 valence electrons. The van der Waals surface area contributed by atoms with Crippen LogP contribution in [-0.4, -0.2) is 32.6 Å². The summed E-state index contributed by atoms with van der Waals surface area (Å²) in [5.41, 5.74) is -0.356. The first kappa shape index (κ1) is 18.2. The van der Waals surface area contributed by atoms with Crippen molar-refractivity contribution in [2.24, 2.45) is 0 Å². The van der Waals surface area contributed by atoms with E-state index in [4.69, 9.17) is 9.47 Å². The fourth-order valence-corrected chi connectivity index (χ4v) is 2.00. The van der Waals surface area contributed by atoms with Gasteiger partial charge in [-0.2, -0.15) is 0 Å². The van der Waals surface area contributed by atoms with Gasteiger partial charge in [-0.3, -0.25) is 9.59 Å². The maximum Gasteiger partial charge on any atom is 0.251 e. The van der Waals surface area contributed by atoms with Crippen LogP contribution in [0.1, 0.15) is 10.4 Å². The molecule has 0 saturated heterocycles. The fourth-order valence-electron chi connectivity index (χ4n) is 2.00. The molecule has 2 aromatic rings. The Labute approximate surface area is 142 Å². The van der Waals surface area contributed by atoms with E-state index in [9.17, 15) is 18.4 Å². The molecule has 25 heavy (non-hydrogen) atoms. The van der Waals surface area contributed by atoms with Crippen molar-refractivity contribution in [3.05, 3.63) is 53.6 Å². The average molecular weight is 350 g/mol. The van der Waals surface area contributed by atoms with Crippen LogP contribution in [0.4, 0.5) is 14.5 Å². The van der Waals surface area contributed by atoms with E-state index < -0.39 is 35.7 Å². The SMILES string of the molecule is COc1cc(OC)cc(C(=O)NCC(=O)Nc2c(F)cccc2F)c1. The number of carbonyl (C=O) groups is 2. The van der Waals surface area contributed by atoms with Crippen LogP contribution in [0.25, 0.3) is 0 Å². The molecule has 0 aromatic heterocycles. The molecule has 0 unspecified atom stereocenters. The second-order valence-electron chi connectivity index (χ2n) is 4.93. The van der Waals surface area contributed by atoms with Gasteiger partial charge in [0.25, 0.3) is 5.91 Å². The van der Waals surface area contributed by atoms with Crippen LogP contribution in [0.15, 0.2) is 36.4 Å². The van der Waals surface area contributed by atoms with Crippen molar-refractivity contribution < 1.29 is 27.8 Å². The Morgan fingerprint density at radius 3 is 2.08 bits per heavy atom. The number of halogens is 2. The third kappa shape index (κ3) is 4.66. The first-order valence-electron chi connectivity index (χ1n) is 7.19. The summed E-state index contributed by atoms with van der Waals surface area (Å²) in [6, 6.07) is 7.72. The lowest BCUT2D eigenvalue weighted by molar-refractivity contribution is -0.115. The fraction of sp³-hybridized carbons (Fsp3) is 0.176. The van der Waals surface area contributed by atoms with Crippen LogP contribution in [0, 0.1) is 11.6 Å². The van der Waals surface area contributed by atoms with Gasteiger partial charge in [0.05, 0.1) is 20.8 Å². The minimum Gasteiger partial charge on any atom is -0.497 e. The lowest BCUT2D eigenvalue weighted by atomic mass is 10.2. The highest BCUT2D eigenvalue weighted by atomic mass is 19.1. The van der Waals surface area contributed by atoms with Gasteiger partial charge in [0, 0.05) is 11.6 Å². The molecule has 0 fully saturated rings. The molecule has 0 radical (unpaired) electrons. The molecular formula is C17H16F2N2O4. The number of hydrogen-bond donors (Lipinski definition) is 2. The minimum absolute atomic E-state index is 0.209. The Morgan fingerprint density at radius 1 is 1.00 bits per heavy atom. The predicted molar refractivity (Wildman–Crippen MR) is 86.9 cm³/mol. The first-order chi connectivity index (χ1) is 11.9. The molecule has 0 atom stereocenters. The molecule has 0 aliphatic rings. The van der Waals surface area contributed by atoms with Gasteiger partial charge in [0.1, 0.15) is 28.8 Å². The van der Waals surface area contributed by atoms with Crippen molar-refractivity contribution in [3.63, 3.8) is 0 Å². The van der Waals surface area contributed by atoms with Crippen molar-refractivity contribution in [2.45, 2.75) is 0 Å². The predicted octanol–water partition coefficient (Wildman–Crippen LogP) is 2.35. The Bertz CT molecular complexity index is 754. The quantitative estimate of drug-likeness (QED) is 0.838. The summed E-state index contributed by atoms with van der Waals surface area (Å²) >= 11 is 0. The van der Waals surface area contributed by atoms with E-state index in [0.717, 1.165) is 12.1 Å². The van der Waals surface area contributed by atoms with Crippen molar-refractivity contribution >= 4 is 17.5 Å². The molecule has 2 N–H and O–H groups in total. The number of anilines is 1. The zero-order valence-corrected chi connectivity index (χ0v) is 13.6. The van der Waals surface area contributed by atoms with Crippen molar-refractivity contribution in [2.75, 3.05) is 26.1 Å². The van der Waals surface area contributed by atoms with Crippen molar-refractivity contribution in [1.82, 2.24) is 5.32 Å². The molecule has 2 amide bonds. The Balaban J connectivity index is 2.01. The highest BCUT2D eigenvalue weighted by Gasteiger charge is 2.14. The maximum absolute atomic E-state index is 13.5. The molecule has 2 aromatic carbocycles. The Morgan fingerprint density at radius 2 is 1.56 bits per heavy atom. The van der Waals surface area contributed by atoms with Crippen molar-refractivity contribution in [3.8, 4) is 11.5 Å². The second kappa shape index (κ2) is 8.09. The van der Waals surface area contributed by atoms with Gasteiger partial charge in [0.15, 0.2) is 0 Å². The molecule has 0 spiro atoms. The summed E-state index contributed by atoms with van der Waals surface area (Å²) in [6.07, 6.45) is 0. The standard InChI is InChI=1S/C17H16F2N2O4/c1-24-11-6-10(7-12(8-11)25-2)17(23)20-9-15(22)21-16-13(18)4-3-5-14(16)19/h3-8H,9H2,1-2H3,(H,20,23)(H,21,22). The monoisotopic (exact) mass is 350 g/mol. The molecule has 8 heteroatoms. The van der Waals surface area contributed by atoms with Gasteiger partial charge in [-0.15, -0.1) is 0 Å². The molecule has 0 aliphatic carbocycles. The van der Waals surface area contributed by atoms with E-state index in [-0.39, 0.29) is 5.56 Å². The highest BCUT2D eigenvalue weighted by molar-refractivity contribution is 5.99. The lowest BCUT2D eigenvalue weighted by Crippen LogP contribution is -2.33. The third-order valence-electron chi connectivity index (χ3n) is 3.25. The number of carbonyl (C=O) groups excluding carboxylic acids is 2. The number of ether oxygens (including phenoxy) is 2. The zero-order chi connectivity index (χ0) is 18.4. The second-order valence-corrected chi connectivity index (χ2v) is 4.93. The topological polar surface area (TPSA) is 76.7 Å². The van der Waals surface area contributed by atoms with Gasteiger partial charge in [0.2, 0.25) is 5.91 Å². The smallest absolute Gasteiger partial charge is 0.251 e. The molecular weight excluding hydrogens is 334 g/mol. The average Bonchev–Trinajstić information content (AvgIpc) is 2.62. The highest BCUT2D eigenvalue weighted by Crippen LogP contribution is 2.22. The number of hydrogen-bond acceptors (Lipinski definition) is 4. The molecule has 2 rings (SSSR count). The summed E-state index contributed by atoms with van der Waals surface area (Å²) in [7, 11) is 2.87. The van der Waals surface area contributed by atoms with Crippen LogP contribution in [0.3, 0.4) is 0 Å². The zero-order valence-electron chi connectivity index (χ0n) is 13.6. The van der Waals surface area contributed by atoms with E-state index in [1.54, 1.807) is 6.07 Å². The lowest BCUT2D eigenvalue weighted by Gasteiger charge is -2.10. The van der Waals surface area contributed by atoms with E-state index in [2.05, 4.69) is 10.6 Å². The summed E-state index contributed by atoms with van der Waals surface area (Å²) in [5, 5.41) is 4.43. The molecule has 0 aliphatic heterocycles. The van der Waals surface area contributed by atoms with E-state index in [1.165, 1.54) is 32.4 Å². The van der Waals surface area contributed by atoms with Crippen LogP contribution < -0.4 is 20.1 Å². The summed E-state index contributed by atoms with van der Waals surface area (Å²) in [5.74, 6) is -2.34. The first-order valence-corrected chi connectivity index (χ1v) is 7.19. The van der Waals surface area contributed by atoms with Gasteiger partial charge in [-0.1, -0.05) is 6.07 Å². The third-order valence-corrected chi connectivity index (χ3v) is 3.25. The van der Waals surface area contributed by atoms with Gasteiger partial charge in [-0.05, 0) is 24.3 Å². The normalized spacial score (nSPS) is 10.1.